The van der Waals surface area contributed by atoms with Crippen molar-refractivity contribution in [2.45, 2.75) is 33.7 Å². The minimum atomic E-state index is -0.336. The summed E-state index contributed by atoms with van der Waals surface area (Å²) < 4.78 is 0. The molecular weight excluding hydrogens is 300 g/mol. The fraction of sp³-hybridized carbons (Fsp3) is 0.312. The second-order valence-electron chi connectivity index (χ2n) is 5.48. The third-order valence-corrected chi connectivity index (χ3v) is 3.29. The molecule has 0 fully saturated rings. The van der Waals surface area contributed by atoms with Gasteiger partial charge >= 0.3 is 0 Å². The van der Waals surface area contributed by atoms with Crippen LogP contribution in [0.15, 0.2) is 24.5 Å². The highest BCUT2D eigenvalue weighted by molar-refractivity contribution is 6.34. The number of rotatable bonds is 4. The molecule has 0 aliphatic rings. The van der Waals surface area contributed by atoms with Crippen LogP contribution in [0.4, 0.5) is 11.5 Å². The quantitative estimate of drug-likeness (QED) is 0.899. The van der Waals surface area contributed by atoms with Gasteiger partial charge in [0.05, 0.1) is 23.1 Å². The van der Waals surface area contributed by atoms with Gasteiger partial charge in [0.2, 0.25) is 0 Å². The Kier molecular flexibility index (Phi) is 4.98. The number of anilines is 2. The highest BCUT2D eigenvalue weighted by Crippen LogP contribution is 2.27. The smallest absolute Gasteiger partial charge is 0.275 e. The first kappa shape index (κ1) is 16.2. The Morgan fingerprint density at radius 3 is 2.45 bits per heavy atom. The number of benzene rings is 1. The van der Waals surface area contributed by atoms with Gasteiger partial charge in [0.15, 0.2) is 0 Å². The summed E-state index contributed by atoms with van der Waals surface area (Å²) in [4.78, 5) is 20.5. The molecule has 116 valence electrons. The van der Waals surface area contributed by atoms with E-state index in [1.165, 1.54) is 6.20 Å². The van der Waals surface area contributed by atoms with E-state index in [1.807, 2.05) is 39.8 Å². The van der Waals surface area contributed by atoms with Crippen LogP contribution in [0.2, 0.25) is 5.02 Å². The number of nitrogens with zero attached hydrogens (tertiary/aromatic N) is 2. The Bertz CT molecular complexity index is 660. The molecule has 2 aromatic rings. The first-order valence-corrected chi connectivity index (χ1v) is 7.41. The molecule has 0 unspecified atom stereocenters. The van der Waals surface area contributed by atoms with Crippen molar-refractivity contribution in [3.63, 3.8) is 0 Å². The lowest BCUT2D eigenvalue weighted by molar-refractivity contribution is 0.102. The Balaban J connectivity index is 2.16. The van der Waals surface area contributed by atoms with Crippen LogP contribution in [0, 0.1) is 13.8 Å². The first-order chi connectivity index (χ1) is 10.4. The average Bonchev–Trinajstić information content (AvgIpc) is 2.42. The van der Waals surface area contributed by atoms with Crippen molar-refractivity contribution in [3.05, 3.63) is 46.4 Å². The van der Waals surface area contributed by atoms with Crippen LogP contribution < -0.4 is 10.6 Å². The molecule has 1 amide bonds. The predicted octanol–water partition coefficient (Wildman–Crippen LogP) is 3.82. The van der Waals surface area contributed by atoms with Crippen LogP contribution in [-0.4, -0.2) is 21.9 Å². The maximum absolute atomic E-state index is 12.2. The van der Waals surface area contributed by atoms with Crippen molar-refractivity contribution in [1.82, 2.24) is 9.97 Å². The third kappa shape index (κ3) is 3.95. The summed E-state index contributed by atoms with van der Waals surface area (Å²) >= 11 is 6.19. The van der Waals surface area contributed by atoms with E-state index < -0.39 is 0 Å². The Labute approximate surface area is 135 Å². The van der Waals surface area contributed by atoms with Gasteiger partial charge in [0, 0.05) is 6.04 Å². The van der Waals surface area contributed by atoms with Crippen molar-refractivity contribution in [3.8, 4) is 0 Å². The van der Waals surface area contributed by atoms with Crippen LogP contribution in [0.25, 0.3) is 0 Å². The van der Waals surface area contributed by atoms with E-state index in [-0.39, 0.29) is 17.6 Å². The largest absolute Gasteiger partial charge is 0.367 e. The molecule has 1 heterocycles. The molecule has 0 saturated heterocycles. The number of hydrogen-bond acceptors (Lipinski definition) is 4. The summed E-state index contributed by atoms with van der Waals surface area (Å²) in [6.07, 6.45) is 2.98. The lowest BCUT2D eigenvalue weighted by Gasteiger charge is -2.12. The number of aromatic nitrogens is 2. The van der Waals surface area contributed by atoms with Crippen LogP contribution in [0.1, 0.15) is 35.5 Å². The predicted molar refractivity (Wildman–Crippen MR) is 89.7 cm³/mol. The van der Waals surface area contributed by atoms with E-state index in [4.69, 9.17) is 11.6 Å². The highest BCUT2D eigenvalue weighted by Gasteiger charge is 2.13. The maximum atomic E-state index is 12.2. The maximum Gasteiger partial charge on any atom is 0.275 e. The summed E-state index contributed by atoms with van der Waals surface area (Å²) in [5, 5.41) is 6.42. The topological polar surface area (TPSA) is 66.9 Å². The Morgan fingerprint density at radius 2 is 1.91 bits per heavy atom. The molecular formula is C16H19ClN4O. The van der Waals surface area contributed by atoms with E-state index >= 15 is 0 Å². The summed E-state index contributed by atoms with van der Waals surface area (Å²) in [6.45, 7) is 7.86. The van der Waals surface area contributed by atoms with Gasteiger partial charge in [-0.3, -0.25) is 4.79 Å². The second-order valence-corrected chi connectivity index (χ2v) is 5.89. The number of amides is 1. The number of halogens is 1. The number of aryl methyl sites for hydroxylation is 2. The van der Waals surface area contributed by atoms with Crippen LogP contribution in [-0.2, 0) is 0 Å². The minimum absolute atomic E-state index is 0.241. The molecule has 1 aromatic heterocycles. The molecule has 0 spiro atoms. The Hall–Kier alpha value is -2.14. The fourth-order valence-electron chi connectivity index (χ4n) is 2.07. The van der Waals surface area contributed by atoms with E-state index in [9.17, 15) is 4.79 Å². The van der Waals surface area contributed by atoms with E-state index in [1.54, 1.807) is 6.20 Å². The van der Waals surface area contributed by atoms with Crippen molar-refractivity contribution >= 4 is 29.0 Å². The van der Waals surface area contributed by atoms with Crippen molar-refractivity contribution in [1.29, 1.82) is 0 Å². The van der Waals surface area contributed by atoms with E-state index in [2.05, 4.69) is 20.6 Å². The van der Waals surface area contributed by atoms with Gasteiger partial charge in [-0.15, -0.1) is 0 Å². The molecule has 22 heavy (non-hydrogen) atoms. The molecule has 0 bridgehead atoms. The minimum Gasteiger partial charge on any atom is -0.367 e. The fourth-order valence-corrected chi connectivity index (χ4v) is 2.44. The number of carbonyl (C=O) groups excluding carboxylic acids is 1. The zero-order valence-corrected chi connectivity index (χ0v) is 13.8. The van der Waals surface area contributed by atoms with Gasteiger partial charge in [0.1, 0.15) is 11.5 Å². The number of nitrogens with one attached hydrogen (secondary N) is 2. The van der Waals surface area contributed by atoms with Gasteiger partial charge < -0.3 is 10.6 Å². The summed E-state index contributed by atoms with van der Waals surface area (Å²) in [5.74, 6) is 0.300. The van der Waals surface area contributed by atoms with Crippen molar-refractivity contribution in [2.75, 3.05) is 10.6 Å². The van der Waals surface area contributed by atoms with E-state index in [0.29, 0.717) is 16.5 Å². The molecule has 0 saturated carbocycles. The molecule has 1 aromatic carbocycles. The molecule has 0 aliphatic heterocycles. The summed E-state index contributed by atoms with van der Waals surface area (Å²) in [6, 6.07) is 4.02. The van der Waals surface area contributed by atoms with E-state index in [0.717, 1.165) is 11.1 Å². The normalized spacial score (nSPS) is 10.6. The molecule has 0 atom stereocenters. The van der Waals surface area contributed by atoms with Gasteiger partial charge in [-0.2, -0.15) is 0 Å². The average molecular weight is 319 g/mol. The summed E-state index contributed by atoms with van der Waals surface area (Å²) in [5.41, 5.74) is 2.79. The van der Waals surface area contributed by atoms with Gasteiger partial charge in [-0.1, -0.05) is 17.7 Å². The Morgan fingerprint density at radius 1 is 1.18 bits per heavy atom. The standard InChI is InChI=1S/C16H19ClN4O/c1-9(2)20-14-8-18-13(7-19-14)16(22)21-15-11(4)5-10(3)6-12(15)17/h5-9H,1-4H3,(H,19,20)(H,21,22). The SMILES string of the molecule is Cc1cc(C)c(NC(=O)c2cnc(NC(C)C)cn2)c(Cl)c1. The molecule has 2 rings (SSSR count). The lowest BCUT2D eigenvalue weighted by Crippen LogP contribution is -2.16. The van der Waals surface area contributed by atoms with Gasteiger partial charge in [-0.25, -0.2) is 9.97 Å². The molecule has 5 nitrogen and oxygen atoms in total. The van der Waals surface area contributed by atoms with Crippen LogP contribution >= 0.6 is 11.6 Å². The lowest BCUT2D eigenvalue weighted by atomic mass is 10.1. The highest BCUT2D eigenvalue weighted by atomic mass is 35.5. The first-order valence-electron chi connectivity index (χ1n) is 7.03. The zero-order chi connectivity index (χ0) is 16.3. The van der Waals surface area contributed by atoms with Crippen LogP contribution in [0.5, 0.6) is 0 Å². The van der Waals surface area contributed by atoms with Crippen LogP contribution in [0.3, 0.4) is 0 Å². The zero-order valence-electron chi connectivity index (χ0n) is 13.1. The molecule has 2 N–H and O–H groups in total. The second kappa shape index (κ2) is 6.75. The summed E-state index contributed by atoms with van der Waals surface area (Å²) in [7, 11) is 0. The monoisotopic (exact) mass is 318 g/mol. The van der Waals surface area contributed by atoms with Gasteiger partial charge in [-0.05, 0) is 44.9 Å². The molecule has 0 radical (unpaired) electrons. The van der Waals surface area contributed by atoms with Crippen molar-refractivity contribution in [2.24, 2.45) is 0 Å². The molecule has 0 aliphatic carbocycles. The third-order valence-electron chi connectivity index (χ3n) is 2.99. The number of carbonyl (C=O) groups is 1. The number of hydrogen-bond donors (Lipinski definition) is 2. The van der Waals surface area contributed by atoms with Gasteiger partial charge in [0.25, 0.3) is 5.91 Å². The van der Waals surface area contributed by atoms with Crippen molar-refractivity contribution < 1.29 is 4.79 Å². The molecule has 6 heteroatoms.